The molecule has 0 aliphatic carbocycles. The van der Waals surface area contributed by atoms with Crippen LogP contribution in [0.5, 0.6) is 0 Å². The number of aryl methyl sites for hydroxylation is 1. The van der Waals surface area contributed by atoms with Gasteiger partial charge < -0.3 is 0 Å². The zero-order valence-corrected chi connectivity index (χ0v) is 7.26. The van der Waals surface area contributed by atoms with E-state index in [-0.39, 0.29) is 11.8 Å². The lowest BCUT2D eigenvalue weighted by Gasteiger charge is -1.98. The van der Waals surface area contributed by atoms with Gasteiger partial charge in [-0.15, -0.1) is 0 Å². The van der Waals surface area contributed by atoms with Gasteiger partial charge >= 0.3 is 0 Å². The zero-order chi connectivity index (χ0) is 9.14. The molecule has 0 spiro atoms. The van der Waals surface area contributed by atoms with Crippen molar-refractivity contribution in [3.8, 4) is 0 Å². The Morgan fingerprint density at radius 1 is 1.50 bits per heavy atom. The van der Waals surface area contributed by atoms with Gasteiger partial charge in [0.05, 0.1) is 5.02 Å². The first kappa shape index (κ1) is 8.94. The summed E-state index contributed by atoms with van der Waals surface area (Å²) in [5.41, 5.74) is 1.22. The van der Waals surface area contributed by atoms with Gasteiger partial charge in [-0.1, -0.05) is 17.7 Å². The van der Waals surface area contributed by atoms with Gasteiger partial charge in [-0.3, -0.25) is 9.59 Å². The van der Waals surface area contributed by atoms with Crippen LogP contribution in [-0.4, -0.2) is 12.1 Å². The van der Waals surface area contributed by atoms with Crippen molar-refractivity contribution in [1.29, 1.82) is 0 Å². The van der Waals surface area contributed by atoms with Crippen molar-refractivity contribution in [2.75, 3.05) is 0 Å². The van der Waals surface area contributed by atoms with Crippen molar-refractivity contribution in [2.45, 2.75) is 6.92 Å². The van der Waals surface area contributed by atoms with E-state index in [0.717, 1.165) is 5.56 Å². The van der Waals surface area contributed by atoms with Crippen molar-refractivity contribution in [3.05, 3.63) is 34.3 Å². The van der Waals surface area contributed by atoms with Gasteiger partial charge in [-0.2, -0.15) is 0 Å². The van der Waals surface area contributed by atoms with E-state index in [2.05, 4.69) is 0 Å². The van der Waals surface area contributed by atoms with Gasteiger partial charge in [-0.25, -0.2) is 0 Å². The zero-order valence-electron chi connectivity index (χ0n) is 6.50. The van der Waals surface area contributed by atoms with Gasteiger partial charge in [0.2, 0.25) is 5.78 Å². The SMILES string of the molecule is Cc1ccc(C(=O)C=O)c(Cl)c1. The van der Waals surface area contributed by atoms with Crippen LogP contribution >= 0.6 is 11.6 Å². The van der Waals surface area contributed by atoms with Gasteiger partial charge in [0, 0.05) is 5.56 Å². The number of halogens is 1. The average Bonchev–Trinajstić information content (AvgIpc) is 2.03. The molecule has 0 saturated heterocycles. The summed E-state index contributed by atoms with van der Waals surface area (Å²) in [6.45, 7) is 1.86. The van der Waals surface area contributed by atoms with Crippen LogP contribution in [0.2, 0.25) is 5.02 Å². The lowest BCUT2D eigenvalue weighted by atomic mass is 10.1. The smallest absolute Gasteiger partial charge is 0.226 e. The highest BCUT2D eigenvalue weighted by atomic mass is 35.5. The van der Waals surface area contributed by atoms with E-state index in [1.807, 2.05) is 6.92 Å². The molecule has 1 rings (SSSR count). The number of hydrogen-bond donors (Lipinski definition) is 0. The van der Waals surface area contributed by atoms with E-state index in [9.17, 15) is 9.59 Å². The summed E-state index contributed by atoms with van der Waals surface area (Å²) in [6, 6.07) is 4.94. The Morgan fingerprint density at radius 3 is 2.67 bits per heavy atom. The molecule has 0 fully saturated rings. The van der Waals surface area contributed by atoms with Crippen LogP contribution in [0.1, 0.15) is 15.9 Å². The maximum absolute atomic E-state index is 10.9. The molecular formula is C9H7ClO2. The molecule has 0 bridgehead atoms. The molecule has 1 aromatic rings. The fourth-order valence-electron chi connectivity index (χ4n) is 0.883. The van der Waals surface area contributed by atoms with Crippen LogP contribution in [0, 0.1) is 6.92 Å². The first-order valence-corrected chi connectivity index (χ1v) is 3.78. The Kier molecular flexibility index (Phi) is 2.61. The van der Waals surface area contributed by atoms with Gasteiger partial charge in [0.15, 0.2) is 6.29 Å². The van der Waals surface area contributed by atoms with Crippen molar-refractivity contribution < 1.29 is 9.59 Å². The number of ketones is 1. The molecule has 0 aliphatic heterocycles. The second kappa shape index (κ2) is 3.50. The fraction of sp³-hybridized carbons (Fsp3) is 0.111. The maximum atomic E-state index is 10.9. The highest BCUT2D eigenvalue weighted by Crippen LogP contribution is 2.17. The van der Waals surface area contributed by atoms with E-state index in [4.69, 9.17) is 11.6 Å². The molecule has 0 unspecified atom stereocenters. The molecular weight excluding hydrogens is 176 g/mol. The summed E-state index contributed by atoms with van der Waals surface area (Å²) in [6.07, 6.45) is 0.260. The molecule has 0 atom stereocenters. The predicted molar refractivity (Wildman–Crippen MR) is 46.6 cm³/mol. The standard InChI is InChI=1S/C9H7ClO2/c1-6-2-3-7(8(10)4-6)9(12)5-11/h2-5H,1H3. The normalized spacial score (nSPS) is 9.50. The fourth-order valence-corrected chi connectivity index (χ4v) is 1.21. The van der Waals surface area contributed by atoms with Gasteiger partial charge in [0.1, 0.15) is 0 Å². The molecule has 12 heavy (non-hydrogen) atoms. The number of benzene rings is 1. The molecule has 0 aliphatic rings. The Morgan fingerprint density at radius 2 is 2.17 bits per heavy atom. The maximum Gasteiger partial charge on any atom is 0.226 e. The summed E-state index contributed by atoms with van der Waals surface area (Å²) >= 11 is 5.72. The minimum atomic E-state index is -0.583. The van der Waals surface area contributed by atoms with E-state index in [1.54, 1.807) is 18.2 Å². The highest BCUT2D eigenvalue weighted by molar-refractivity contribution is 6.41. The van der Waals surface area contributed by atoms with Crippen molar-refractivity contribution in [2.24, 2.45) is 0 Å². The van der Waals surface area contributed by atoms with Gasteiger partial charge in [0.25, 0.3) is 0 Å². The third-order valence-corrected chi connectivity index (χ3v) is 1.81. The lowest BCUT2D eigenvalue weighted by Crippen LogP contribution is -2.00. The Bertz CT molecular complexity index is 331. The van der Waals surface area contributed by atoms with Gasteiger partial charge in [-0.05, 0) is 24.6 Å². The van der Waals surface area contributed by atoms with Crippen LogP contribution in [-0.2, 0) is 4.79 Å². The summed E-state index contributed by atoms with van der Waals surface area (Å²) in [5.74, 6) is -0.583. The quantitative estimate of drug-likeness (QED) is 0.399. The van der Waals surface area contributed by atoms with E-state index < -0.39 is 5.78 Å². The molecule has 0 amide bonds. The number of rotatable bonds is 2. The number of Topliss-reactive ketones (excluding diaryl/α,β-unsaturated/α-hetero) is 1. The molecule has 1 aromatic carbocycles. The topological polar surface area (TPSA) is 34.1 Å². The van der Waals surface area contributed by atoms with E-state index >= 15 is 0 Å². The van der Waals surface area contributed by atoms with Crippen LogP contribution in [0.15, 0.2) is 18.2 Å². The molecule has 0 radical (unpaired) electrons. The van der Waals surface area contributed by atoms with E-state index in [0.29, 0.717) is 5.02 Å². The Hall–Kier alpha value is -1.15. The monoisotopic (exact) mass is 182 g/mol. The number of aldehydes is 1. The first-order chi connectivity index (χ1) is 5.65. The number of carbonyl (C=O) groups excluding carboxylic acids is 2. The summed E-state index contributed by atoms with van der Waals surface area (Å²) < 4.78 is 0. The minimum Gasteiger partial charge on any atom is -0.294 e. The lowest BCUT2D eigenvalue weighted by molar-refractivity contribution is -0.104. The molecule has 3 heteroatoms. The Balaban J connectivity index is 3.18. The second-order valence-electron chi connectivity index (χ2n) is 2.47. The number of carbonyl (C=O) groups is 2. The van der Waals surface area contributed by atoms with Crippen LogP contribution in [0.3, 0.4) is 0 Å². The summed E-state index contributed by atoms with van der Waals surface area (Å²) in [4.78, 5) is 21.0. The third kappa shape index (κ3) is 1.71. The largest absolute Gasteiger partial charge is 0.294 e. The second-order valence-corrected chi connectivity index (χ2v) is 2.87. The molecule has 0 saturated carbocycles. The van der Waals surface area contributed by atoms with Crippen molar-refractivity contribution in [3.63, 3.8) is 0 Å². The highest BCUT2D eigenvalue weighted by Gasteiger charge is 2.07. The summed E-state index contributed by atoms with van der Waals surface area (Å²) in [7, 11) is 0. The third-order valence-electron chi connectivity index (χ3n) is 1.50. The average molecular weight is 183 g/mol. The van der Waals surface area contributed by atoms with Crippen molar-refractivity contribution >= 4 is 23.7 Å². The molecule has 0 heterocycles. The molecule has 2 nitrogen and oxygen atoms in total. The predicted octanol–water partition coefficient (Wildman–Crippen LogP) is 2.03. The molecule has 62 valence electrons. The van der Waals surface area contributed by atoms with Crippen LogP contribution in [0.4, 0.5) is 0 Å². The van der Waals surface area contributed by atoms with Crippen LogP contribution < -0.4 is 0 Å². The first-order valence-electron chi connectivity index (χ1n) is 3.41. The number of hydrogen-bond acceptors (Lipinski definition) is 2. The molecule has 0 aromatic heterocycles. The Labute approximate surface area is 75.2 Å². The molecule has 0 N–H and O–H groups in total. The van der Waals surface area contributed by atoms with E-state index in [1.165, 1.54) is 0 Å². The summed E-state index contributed by atoms with van der Waals surface area (Å²) in [5, 5.41) is 0.326. The van der Waals surface area contributed by atoms with Crippen molar-refractivity contribution in [1.82, 2.24) is 0 Å². The minimum absolute atomic E-state index is 0.260. The van der Waals surface area contributed by atoms with Crippen LogP contribution in [0.25, 0.3) is 0 Å².